The topological polar surface area (TPSA) is 218 Å². The fourth-order valence-electron chi connectivity index (χ4n) is 6.03. The maximum Gasteiger partial charge on any atom is 0.294 e. The maximum absolute atomic E-state index is 8.97. The first-order valence-electron chi connectivity index (χ1n) is 17.7. The van der Waals surface area contributed by atoms with Crippen molar-refractivity contribution in [3.8, 4) is 35.5 Å². The summed E-state index contributed by atoms with van der Waals surface area (Å²) < 4.78 is 0. The number of nitrogens with zero attached hydrogens (tertiary/aromatic N) is 11. The molecule has 13 heteroatoms. The molecule has 0 radical (unpaired) electrons. The lowest BCUT2D eigenvalue weighted by Gasteiger charge is -2.14. The first kappa shape index (κ1) is 44.3. The largest absolute Gasteiger partial charge is 0.383 e. The molecule has 0 saturated carbocycles. The highest BCUT2D eigenvalue weighted by Crippen LogP contribution is 2.31. The van der Waals surface area contributed by atoms with Crippen molar-refractivity contribution < 1.29 is 0 Å². The van der Waals surface area contributed by atoms with Gasteiger partial charge in [-0.25, -0.2) is 15.0 Å². The Labute approximate surface area is 339 Å². The van der Waals surface area contributed by atoms with Crippen molar-refractivity contribution in [2.45, 2.75) is 76.2 Å². The van der Waals surface area contributed by atoms with Crippen molar-refractivity contribution in [1.82, 2.24) is 19.9 Å². The molecule has 3 N–H and O–H groups in total. The minimum atomic E-state index is 0.0597. The minimum Gasteiger partial charge on any atom is -0.383 e. The molecule has 0 spiro atoms. The highest BCUT2D eigenvalue weighted by molar-refractivity contribution is 6.22. The second-order valence-electron chi connectivity index (χ2n) is 13.3. The van der Waals surface area contributed by atoms with Gasteiger partial charge in [0.05, 0.1) is 22.5 Å². The molecule has 0 saturated heterocycles. The number of hydrogen-bond donors (Lipinski definition) is 2. The van der Waals surface area contributed by atoms with Crippen LogP contribution in [0.5, 0.6) is 0 Å². The number of aryl methyl sites for hydroxylation is 3. The van der Waals surface area contributed by atoms with Crippen molar-refractivity contribution in [3.63, 3.8) is 0 Å². The van der Waals surface area contributed by atoms with Crippen molar-refractivity contribution >= 4 is 23.3 Å². The van der Waals surface area contributed by atoms with E-state index in [1.54, 1.807) is 20.8 Å². The molecule has 6 rings (SSSR count). The lowest BCUT2D eigenvalue weighted by atomic mass is 9.89. The summed E-state index contributed by atoms with van der Waals surface area (Å²) in [6.45, 7) is 35.2. The molecular formula is C45H41N13. The molecule has 3 heterocycles. The van der Waals surface area contributed by atoms with Crippen molar-refractivity contribution in [2.75, 3.05) is 0 Å². The zero-order valence-electron chi connectivity index (χ0n) is 34.4. The number of hydrogen-bond acceptors (Lipinski definition) is 10. The number of nitriles is 4. The Kier molecular flexibility index (Phi) is 14.5. The molecule has 3 aromatic carbocycles. The van der Waals surface area contributed by atoms with E-state index in [0.717, 1.165) is 50.1 Å². The number of aromatic nitrogens is 4. The number of amidine groups is 2. The van der Waals surface area contributed by atoms with Crippen LogP contribution >= 0.6 is 0 Å². The normalized spacial score (nSPS) is 10.4. The third-order valence-corrected chi connectivity index (χ3v) is 10.1. The molecule has 0 fully saturated rings. The van der Waals surface area contributed by atoms with Gasteiger partial charge in [-0.1, -0.05) is 43.5 Å². The fraction of sp³-hybridized carbons (Fsp3) is 0.244. The quantitative estimate of drug-likeness (QED) is 0.155. The molecule has 0 bridgehead atoms. The lowest BCUT2D eigenvalue weighted by Crippen LogP contribution is -2.14. The Morgan fingerprint density at radius 1 is 0.534 bits per heavy atom. The van der Waals surface area contributed by atoms with E-state index in [2.05, 4.69) is 60.6 Å². The predicted octanol–water partition coefficient (Wildman–Crippen LogP) is 9.02. The summed E-state index contributed by atoms with van der Waals surface area (Å²) in [5.41, 5.74) is 21.4. The van der Waals surface area contributed by atoms with Crippen LogP contribution in [0, 0.1) is 140 Å². The molecule has 1 aliphatic rings. The molecule has 0 amide bonds. The molecule has 0 atom stereocenters. The van der Waals surface area contributed by atoms with Crippen LogP contribution in [-0.2, 0) is 0 Å². The number of rotatable bonds is 1. The van der Waals surface area contributed by atoms with Crippen LogP contribution in [0.2, 0.25) is 0 Å². The first-order chi connectivity index (χ1) is 27.4. The van der Waals surface area contributed by atoms with E-state index in [9.17, 15) is 0 Å². The Balaban J connectivity index is 0.000000209. The van der Waals surface area contributed by atoms with E-state index >= 15 is 0 Å². The summed E-state index contributed by atoms with van der Waals surface area (Å²) in [6.07, 6.45) is 0. The van der Waals surface area contributed by atoms with Crippen LogP contribution in [0.3, 0.4) is 0 Å². The van der Waals surface area contributed by atoms with E-state index in [0.29, 0.717) is 45.6 Å². The van der Waals surface area contributed by atoms with Crippen molar-refractivity contribution in [3.05, 3.63) is 148 Å². The van der Waals surface area contributed by atoms with Gasteiger partial charge in [0.1, 0.15) is 30.1 Å². The Bertz CT molecular complexity index is 2690. The summed E-state index contributed by atoms with van der Waals surface area (Å²) in [5, 5.41) is 42.9. The van der Waals surface area contributed by atoms with Gasteiger partial charge in [-0.15, -0.1) is 9.97 Å². The van der Waals surface area contributed by atoms with Crippen LogP contribution in [0.25, 0.3) is 20.9 Å². The summed E-state index contributed by atoms with van der Waals surface area (Å²) in [5.74, 6) is 0.909. The summed E-state index contributed by atoms with van der Waals surface area (Å²) in [4.78, 5) is 26.6. The molecular weight excluding hydrogens is 723 g/mol. The molecule has 5 aromatic rings. The van der Waals surface area contributed by atoms with Gasteiger partial charge in [-0.05, 0) is 114 Å². The predicted molar refractivity (Wildman–Crippen MR) is 223 cm³/mol. The van der Waals surface area contributed by atoms with E-state index in [4.69, 9.17) is 45.3 Å². The molecule has 1 aliphatic heterocycles. The van der Waals surface area contributed by atoms with E-state index in [1.807, 2.05) is 84.0 Å². The van der Waals surface area contributed by atoms with Gasteiger partial charge in [0, 0.05) is 23.6 Å². The number of nitrogens with two attached hydrogens (primary N) is 1. The van der Waals surface area contributed by atoms with Crippen LogP contribution < -0.4 is 5.73 Å². The molecule has 13 nitrogen and oxygen atoms in total. The lowest BCUT2D eigenvalue weighted by molar-refractivity contribution is 1.01. The highest BCUT2D eigenvalue weighted by Gasteiger charge is 2.25. The second kappa shape index (κ2) is 19.0. The number of aliphatic imine (C=N–C) groups is 1. The minimum absolute atomic E-state index is 0.0597. The first-order valence-corrected chi connectivity index (χ1v) is 17.7. The van der Waals surface area contributed by atoms with Gasteiger partial charge in [-0.2, -0.15) is 21.0 Å². The van der Waals surface area contributed by atoms with Crippen LogP contribution in [0.1, 0.15) is 95.2 Å². The molecule has 58 heavy (non-hydrogen) atoms. The smallest absolute Gasteiger partial charge is 0.294 e. The highest BCUT2D eigenvalue weighted by atomic mass is 15.0. The maximum atomic E-state index is 8.97. The number of benzene rings is 3. The monoisotopic (exact) mass is 763 g/mol. The van der Waals surface area contributed by atoms with Gasteiger partial charge >= 0.3 is 0 Å². The number of fused-ring (bicyclic) bond motifs is 1. The Morgan fingerprint density at radius 3 is 1.36 bits per heavy atom. The molecule has 0 aliphatic carbocycles. The summed E-state index contributed by atoms with van der Waals surface area (Å²) in [7, 11) is 0. The Hall–Kier alpha value is -8.10. The van der Waals surface area contributed by atoms with E-state index < -0.39 is 0 Å². The summed E-state index contributed by atoms with van der Waals surface area (Å²) in [6, 6.07) is 17.4. The molecule has 0 unspecified atom stereocenters. The fourth-order valence-corrected chi connectivity index (χ4v) is 6.03. The van der Waals surface area contributed by atoms with Crippen LogP contribution in [0.4, 0.5) is 11.6 Å². The zero-order valence-corrected chi connectivity index (χ0v) is 34.4. The van der Waals surface area contributed by atoms with Gasteiger partial charge in [0.2, 0.25) is 5.69 Å². The zero-order chi connectivity index (χ0) is 43.6. The van der Waals surface area contributed by atoms with E-state index in [1.165, 1.54) is 11.1 Å². The van der Waals surface area contributed by atoms with Crippen molar-refractivity contribution in [2.24, 2.45) is 10.7 Å². The number of nitrogens with one attached hydrogen (secondary N) is 1. The third-order valence-electron chi connectivity index (χ3n) is 10.1. The average molecular weight is 764 g/mol. The van der Waals surface area contributed by atoms with Crippen molar-refractivity contribution in [1.29, 1.82) is 26.5 Å². The van der Waals surface area contributed by atoms with Gasteiger partial charge in [-0.3, -0.25) is 5.41 Å². The van der Waals surface area contributed by atoms with Crippen LogP contribution in [-0.4, -0.2) is 31.6 Å². The summed E-state index contributed by atoms with van der Waals surface area (Å²) >= 11 is 0. The average Bonchev–Trinajstić information content (AvgIpc) is 3.54. The van der Waals surface area contributed by atoms with Gasteiger partial charge in [0.15, 0.2) is 22.9 Å². The molecule has 2 aromatic heterocycles. The van der Waals surface area contributed by atoms with Crippen LogP contribution in [0.15, 0.2) is 35.3 Å². The van der Waals surface area contributed by atoms with Gasteiger partial charge in [0.25, 0.3) is 11.6 Å². The second-order valence-corrected chi connectivity index (χ2v) is 13.3. The van der Waals surface area contributed by atoms with E-state index in [-0.39, 0.29) is 23.0 Å². The standard InChI is InChI=1S/C13H8N4.C12H15N3.C12H12N2.C8H6N4/c1-9-11(10-7-5-4-6-8-10)17-13(15-3)12(14-2)16-9;1-5-6(2)8(4)10-9(7(5)3)11(13)15-12(10)14;1-7-8(2)10(4)12(6-14)11(5-13)9(7)3;1-5-6(2)12-8(4-10)7(3-9)11-5/h4-8H,1H3;1-4H3,(H3,13,14,15);1-4H3;1-2H3. The molecule has 286 valence electrons. The Morgan fingerprint density at radius 2 is 0.948 bits per heavy atom. The third kappa shape index (κ3) is 9.05. The van der Waals surface area contributed by atoms with Gasteiger partial charge < -0.3 is 15.4 Å². The SMILES string of the molecule is Cc1c(C)c(C)c(C#N)c(C#N)c1C.Cc1c(C)c(C)c2c(c1C)C(=N)N=C2N.Cc1nc(C#N)c(C#N)nc1C.[C-]#[N+]c1nc(C)c(-c2ccccc2)nc1[N+]#[C-].